The molecule has 0 radical (unpaired) electrons. The van der Waals surface area contributed by atoms with Crippen LogP contribution in [0.5, 0.6) is 0 Å². The number of nitrogens with one attached hydrogen (secondary N) is 1. The Labute approximate surface area is 140 Å². The van der Waals surface area contributed by atoms with E-state index in [0.29, 0.717) is 34.9 Å². The fourth-order valence-electron chi connectivity index (χ4n) is 3.22. The molecule has 1 aromatic carbocycles. The number of nitrogen functional groups attached to an aromatic ring is 1. The number of alkyl halides is 3. The number of hydrogen-bond donors (Lipinski definition) is 2. The van der Waals surface area contributed by atoms with Crippen molar-refractivity contribution < 1.29 is 17.6 Å². The van der Waals surface area contributed by atoms with Gasteiger partial charge < -0.3 is 20.4 Å². The summed E-state index contributed by atoms with van der Waals surface area (Å²) in [4.78, 5) is 10.5. The van der Waals surface area contributed by atoms with Crippen molar-refractivity contribution in [1.82, 2.24) is 15.3 Å². The minimum absolute atomic E-state index is 0.0676. The van der Waals surface area contributed by atoms with Crippen LogP contribution < -0.4 is 16.0 Å². The number of likely N-dealkylation sites (N-methyl/N-ethyl adjacent to an activating group) is 1. The first kappa shape index (κ1) is 15.9. The number of nitrogens with two attached hydrogens (primary N) is 1. The Balaban J connectivity index is 1.89. The molecule has 2 aromatic heterocycles. The van der Waals surface area contributed by atoms with Gasteiger partial charge in [-0.1, -0.05) is 0 Å². The standard InChI is InChI=1S/C16H16F3N5O/c1-21-9-4-5-24(7-9)14-13-12(22-15(20)23-14)10-3-2-8(16(17,18)19)6-11(10)25-13/h2-3,6,9,21H,4-5,7H2,1H3,(H2,20,22,23)/t9-/m1/s1. The molecular weight excluding hydrogens is 335 g/mol. The summed E-state index contributed by atoms with van der Waals surface area (Å²) >= 11 is 0. The zero-order valence-corrected chi connectivity index (χ0v) is 13.4. The second kappa shape index (κ2) is 5.48. The average molecular weight is 351 g/mol. The number of anilines is 2. The third-order valence-electron chi connectivity index (χ3n) is 4.54. The van der Waals surface area contributed by atoms with E-state index >= 15 is 0 Å². The van der Waals surface area contributed by atoms with Crippen molar-refractivity contribution in [2.24, 2.45) is 0 Å². The molecule has 25 heavy (non-hydrogen) atoms. The highest BCUT2D eigenvalue weighted by Crippen LogP contribution is 2.37. The van der Waals surface area contributed by atoms with E-state index in [4.69, 9.17) is 10.2 Å². The number of fused-ring (bicyclic) bond motifs is 3. The van der Waals surface area contributed by atoms with Gasteiger partial charge in [0, 0.05) is 24.5 Å². The molecule has 9 heteroatoms. The molecule has 132 valence electrons. The topological polar surface area (TPSA) is 80.2 Å². The van der Waals surface area contributed by atoms with Crippen molar-refractivity contribution in [2.75, 3.05) is 30.8 Å². The maximum Gasteiger partial charge on any atom is 0.416 e. The first-order valence-electron chi connectivity index (χ1n) is 7.86. The molecule has 4 rings (SSSR count). The van der Waals surface area contributed by atoms with Crippen molar-refractivity contribution in [3.05, 3.63) is 23.8 Å². The fraction of sp³-hybridized carbons (Fsp3) is 0.375. The van der Waals surface area contributed by atoms with E-state index in [0.717, 1.165) is 25.1 Å². The molecule has 3 heterocycles. The van der Waals surface area contributed by atoms with Gasteiger partial charge in [0.1, 0.15) is 11.1 Å². The lowest BCUT2D eigenvalue weighted by molar-refractivity contribution is -0.137. The molecule has 1 aliphatic rings. The molecule has 0 aliphatic carbocycles. The summed E-state index contributed by atoms with van der Waals surface area (Å²) in [6, 6.07) is 3.67. The van der Waals surface area contributed by atoms with Gasteiger partial charge in [-0.3, -0.25) is 0 Å². The normalized spacial score (nSPS) is 18.6. The number of halogens is 3. The van der Waals surface area contributed by atoms with Gasteiger partial charge in [0.25, 0.3) is 0 Å². The van der Waals surface area contributed by atoms with Crippen LogP contribution in [0, 0.1) is 0 Å². The average Bonchev–Trinajstić information content (AvgIpc) is 3.17. The van der Waals surface area contributed by atoms with Crippen molar-refractivity contribution in [3.8, 4) is 0 Å². The molecule has 3 N–H and O–H groups in total. The van der Waals surface area contributed by atoms with Crippen LogP contribution >= 0.6 is 0 Å². The Bertz CT molecular complexity index is 952. The lowest BCUT2D eigenvalue weighted by atomic mass is 10.1. The van der Waals surface area contributed by atoms with E-state index in [1.54, 1.807) is 0 Å². The van der Waals surface area contributed by atoms with E-state index in [1.807, 2.05) is 11.9 Å². The Hall–Kier alpha value is -2.55. The predicted octanol–water partition coefficient (Wildman–Crippen LogP) is 2.78. The van der Waals surface area contributed by atoms with Crippen molar-refractivity contribution in [2.45, 2.75) is 18.6 Å². The third-order valence-corrected chi connectivity index (χ3v) is 4.54. The Morgan fingerprint density at radius 3 is 2.80 bits per heavy atom. The molecule has 1 saturated heterocycles. The summed E-state index contributed by atoms with van der Waals surface area (Å²) in [7, 11) is 1.89. The highest BCUT2D eigenvalue weighted by Gasteiger charge is 2.32. The van der Waals surface area contributed by atoms with E-state index in [-0.39, 0.29) is 11.5 Å². The van der Waals surface area contributed by atoms with Gasteiger partial charge in [-0.15, -0.1) is 0 Å². The summed E-state index contributed by atoms with van der Waals surface area (Å²) in [5.41, 5.74) is 5.97. The van der Waals surface area contributed by atoms with Crippen LogP contribution in [0.15, 0.2) is 22.6 Å². The van der Waals surface area contributed by atoms with E-state index in [9.17, 15) is 13.2 Å². The van der Waals surface area contributed by atoms with Crippen LogP contribution in [0.4, 0.5) is 24.9 Å². The number of hydrogen-bond acceptors (Lipinski definition) is 6. The molecule has 1 aliphatic heterocycles. The Kier molecular flexibility index (Phi) is 3.50. The van der Waals surface area contributed by atoms with Crippen molar-refractivity contribution in [3.63, 3.8) is 0 Å². The van der Waals surface area contributed by atoms with Crippen LogP contribution in [0.25, 0.3) is 22.1 Å². The molecule has 0 unspecified atom stereocenters. The summed E-state index contributed by atoms with van der Waals surface area (Å²) in [6.45, 7) is 1.47. The van der Waals surface area contributed by atoms with Crippen molar-refractivity contribution >= 4 is 33.8 Å². The van der Waals surface area contributed by atoms with Crippen LogP contribution in [0.1, 0.15) is 12.0 Å². The van der Waals surface area contributed by atoms with Crippen LogP contribution in [0.3, 0.4) is 0 Å². The number of benzene rings is 1. The molecule has 3 aromatic rings. The molecule has 1 atom stereocenters. The number of nitrogens with zero attached hydrogens (tertiary/aromatic N) is 3. The quantitative estimate of drug-likeness (QED) is 0.739. The second-order valence-electron chi connectivity index (χ2n) is 6.11. The van der Waals surface area contributed by atoms with Crippen molar-refractivity contribution in [1.29, 1.82) is 0 Å². The summed E-state index contributed by atoms with van der Waals surface area (Å²) in [5.74, 6) is 0.586. The molecular formula is C16H16F3N5O. The van der Waals surface area contributed by atoms with Gasteiger partial charge in [-0.05, 0) is 31.7 Å². The van der Waals surface area contributed by atoms with E-state index in [1.165, 1.54) is 6.07 Å². The van der Waals surface area contributed by atoms with Gasteiger partial charge in [-0.25, -0.2) is 4.98 Å². The maximum absolute atomic E-state index is 12.9. The number of aromatic nitrogens is 2. The Morgan fingerprint density at radius 2 is 2.12 bits per heavy atom. The van der Waals surface area contributed by atoms with E-state index < -0.39 is 11.7 Å². The minimum Gasteiger partial charge on any atom is -0.450 e. The van der Waals surface area contributed by atoms with Gasteiger partial charge in [0.05, 0.1) is 5.56 Å². The zero-order valence-electron chi connectivity index (χ0n) is 13.4. The number of rotatable bonds is 2. The number of furan rings is 1. The van der Waals surface area contributed by atoms with Gasteiger partial charge in [0.2, 0.25) is 5.95 Å². The summed E-state index contributed by atoms with van der Waals surface area (Å²) < 4.78 is 44.5. The zero-order chi connectivity index (χ0) is 17.8. The van der Waals surface area contributed by atoms with Crippen LogP contribution in [0.2, 0.25) is 0 Å². The molecule has 0 bridgehead atoms. The van der Waals surface area contributed by atoms with E-state index in [2.05, 4.69) is 15.3 Å². The highest BCUT2D eigenvalue weighted by molar-refractivity contribution is 6.06. The van der Waals surface area contributed by atoms with Gasteiger partial charge in [-0.2, -0.15) is 18.2 Å². The molecule has 0 spiro atoms. The fourth-order valence-corrected chi connectivity index (χ4v) is 3.22. The first-order valence-corrected chi connectivity index (χ1v) is 7.86. The molecule has 0 saturated carbocycles. The lowest BCUT2D eigenvalue weighted by Gasteiger charge is -2.17. The second-order valence-corrected chi connectivity index (χ2v) is 6.11. The predicted molar refractivity (Wildman–Crippen MR) is 88.4 cm³/mol. The molecule has 6 nitrogen and oxygen atoms in total. The summed E-state index contributed by atoms with van der Waals surface area (Å²) in [5, 5.41) is 3.69. The largest absolute Gasteiger partial charge is 0.450 e. The van der Waals surface area contributed by atoms with Crippen LogP contribution in [-0.2, 0) is 6.18 Å². The SMILES string of the molecule is CN[C@@H]1CCN(c2nc(N)nc3c2oc2cc(C(F)(F)F)ccc23)C1. The minimum atomic E-state index is -4.43. The van der Waals surface area contributed by atoms with Gasteiger partial charge >= 0.3 is 6.18 Å². The smallest absolute Gasteiger partial charge is 0.416 e. The third kappa shape index (κ3) is 2.64. The first-order chi connectivity index (χ1) is 11.9. The van der Waals surface area contributed by atoms with Crippen LogP contribution in [-0.4, -0.2) is 36.1 Å². The van der Waals surface area contributed by atoms with Gasteiger partial charge in [0.15, 0.2) is 11.4 Å². The maximum atomic E-state index is 12.9. The summed E-state index contributed by atoms with van der Waals surface area (Å²) in [6.07, 6.45) is -3.50. The highest BCUT2D eigenvalue weighted by atomic mass is 19.4. The lowest BCUT2D eigenvalue weighted by Crippen LogP contribution is -2.30. The monoisotopic (exact) mass is 351 g/mol. The Morgan fingerprint density at radius 1 is 1.32 bits per heavy atom. The molecule has 1 fully saturated rings. The molecule has 0 amide bonds.